The number of carbonyl (C=O) groups is 1. The Morgan fingerprint density at radius 1 is 1.22 bits per heavy atom. The third-order valence-corrected chi connectivity index (χ3v) is 3.86. The lowest BCUT2D eigenvalue weighted by Crippen LogP contribution is -2.31. The molecule has 1 amide bonds. The molecule has 0 aliphatic rings. The predicted molar refractivity (Wildman–Crippen MR) is 87.4 cm³/mol. The Balaban J connectivity index is 1.73. The van der Waals surface area contributed by atoms with Crippen LogP contribution in [0.1, 0.15) is 18.7 Å². The zero-order chi connectivity index (χ0) is 16.2. The normalized spacial score (nSPS) is 12.1. The molecule has 0 fully saturated rings. The van der Waals surface area contributed by atoms with Crippen LogP contribution < -0.4 is 5.32 Å². The second-order valence-corrected chi connectivity index (χ2v) is 5.36. The smallest absolute Gasteiger partial charge is 0.243 e. The minimum Gasteiger partial charge on any atom is -0.349 e. The maximum absolute atomic E-state index is 12.4. The summed E-state index contributed by atoms with van der Waals surface area (Å²) in [5.41, 5.74) is 1.95. The molecule has 0 aliphatic carbocycles. The Hall–Kier alpha value is -2.89. The van der Waals surface area contributed by atoms with Crippen molar-refractivity contribution in [3.63, 3.8) is 0 Å². The van der Waals surface area contributed by atoms with E-state index in [4.69, 9.17) is 0 Å². The Bertz CT molecular complexity index is 790. The lowest BCUT2D eigenvalue weighted by molar-refractivity contribution is -0.124. The summed E-state index contributed by atoms with van der Waals surface area (Å²) >= 11 is 0. The zero-order valence-corrected chi connectivity index (χ0v) is 13.2. The van der Waals surface area contributed by atoms with Crippen LogP contribution >= 0.6 is 0 Å². The molecule has 3 rings (SSSR count). The molecule has 0 saturated carbocycles. The number of hydrogen-bond acceptors (Lipinski definition) is 3. The van der Waals surface area contributed by atoms with Gasteiger partial charge in [0.2, 0.25) is 5.91 Å². The molecule has 6 heteroatoms. The molecular formula is C17H19N5O. The third kappa shape index (κ3) is 3.15. The average molecular weight is 309 g/mol. The van der Waals surface area contributed by atoms with Crippen molar-refractivity contribution in [2.75, 3.05) is 0 Å². The van der Waals surface area contributed by atoms with Crippen LogP contribution in [0.3, 0.4) is 0 Å². The summed E-state index contributed by atoms with van der Waals surface area (Å²) in [5, 5.41) is 7.04. The Kier molecular flexibility index (Phi) is 4.23. The fourth-order valence-corrected chi connectivity index (χ4v) is 2.46. The van der Waals surface area contributed by atoms with Crippen molar-refractivity contribution >= 4 is 5.91 Å². The molecule has 0 spiro atoms. The fourth-order valence-electron chi connectivity index (χ4n) is 2.46. The molecule has 1 aromatic carbocycles. The Morgan fingerprint density at radius 3 is 2.70 bits per heavy atom. The van der Waals surface area contributed by atoms with Gasteiger partial charge in [0.05, 0.1) is 12.2 Å². The lowest BCUT2D eigenvalue weighted by atomic mass is 10.2. The number of imidazole rings is 1. The number of aromatic nitrogens is 4. The number of benzene rings is 1. The van der Waals surface area contributed by atoms with E-state index in [1.165, 1.54) is 0 Å². The summed E-state index contributed by atoms with van der Waals surface area (Å²) in [5.74, 6) is 0.732. The van der Waals surface area contributed by atoms with Crippen LogP contribution in [0.25, 0.3) is 11.4 Å². The zero-order valence-electron chi connectivity index (χ0n) is 13.2. The van der Waals surface area contributed by atoms with Gasteiger partial charge in [-0.05, 0) is 13.0 Å². The van der Waals surface area contributed by atoms with Crippen LogP contribution in [0.4, 0.5) is 0 Å². The predicted octanol–water partition coefficient (Wildman–Crippen LogP) is 2.16. The van der Waals surface area contributed by atoms with Crippen molar-refractivity contribution in [1.29, 1.82) is 0 Å². The standard InChI is InChI=1S/C17H19N5O/c1-13(17(23)19-12-15-8-9-20-21(15)2)22-11-10-18-16(22)14-6-4-3-5-7-14/h3-11,13H,12H2,1-2H3,(H,19,23)/t13-/m0/s1. The van der Waals surface area contributed by atoms with Gasteiger partial charge in [0.25, 0.3) is 0 Å². The van der Waals surface area contributed by atoms with Crippen LogP contribution in [0, 0.1) is 0 Å². The molecule has 0 bridgehead atoms. The summed E-state index contributed by atoms with van der Waals surface area (Å²) in [6, 6.07) is 11.4. The summed E-state index contributed by atoms with van der Waals surface area (Å²) in [6.45, 7) is 2.32. The fraction of sp³-hybridized carbons (Fsp3) is 0.235. The van der Waals surface area contributed by atoms with Gasteiger partial charge in [-0.2, -0.15) is 5.10 Å². The molecule has 23 heavy (non-hydrogen) atoms. The molecule has 0 aliphatic heterocycles. The minimum absolute atomic E-state index is 0.0543. The van der Waals surface area contributed by atoms with Crippen molar-refractivity contribution in [3.8, 4) is 11.4 Å². The van der Waals surface area contributed by atoms with Gasteiger partial charge in [0, 0.05) is 31.2 Å². The second kappa shape index (κ2) is 6.48. The van der Waals surface area contributed by atoms with Crippen molar-refractivity contribution < 1.29 is 4.79 Å². The van der Waals surface area contributed by atoms with Gasteiger partial charge < -0.3 is 9.88 Å². The molecule has 2 heterocycles. The molecule has 6 nitrogen and oxygen atoms in total. The van der Waals surface area contributed by atoms with Gasteiger partial charge in [0.15, 0.2) is 0 Å². The number of rotatable bonds is 5. The summed E-state index contributed by atoms with van der Waals surface area (Å²) in [7, 11) is 1.86. The SMILES string of the molecule is C[C@@H](C(=O)NCc1ccnn1C)n1ccnc1-c1ccccc1. The second-order valence-electron chi connectivity index (χ2n) is 5.36. The van der Waals surface area contributed by atoms with Crippen molar-refractivity contribution in [3.05, 3.63) is 60.7 Å². The van der Waals surface area contributed by atoms with Crippen LogP contribution in [0.2, 0.25) is 0 Å². The van der Waals surface area contributed by atoms with Crippen LogP contribution in [-0.4, -0.2) is 25.2 Å². The number of hydrogen-bond donors (Lipinski definition) is 1. The topological polar surface area (TPSA) is 64.7 Å². The first-order valence-electron chi connectivity index (χ1n) is 7.49. The first-order valence-corrected chi connectivity index (χ1v) is 7.49. The van der Waals surface area contributed by atoms with Crippen LogP contribution in [0.15, 0.2) is 55.0 Å². The van der Waals surface area contributed by atoms with E-state index in [-0.39, 0.29) is 11.9 Å². The van der Waals surface area contributed by atoms with Crippen molar-refractivity contribution in [2.45, 2.75) is 19.5 Å². The van der Waals surface area contributed by atoms with Crippen molar-refractivity contribution in [2.24, 2.45) is 7.05 Å². The van der Waals surface area contributed by atoms with E-state index in [0.717, 1.165) is 17.1 Å². The van der Waals surface area contributed by atoms with E-state index < -0.39 is 0 Å². The molecule has 1 N–H and O–H groups in total. The largest absolute Gasteiger partial charge is 0.349 e. The van der Waals surface area contributed by atoms with Gasteiger partial charge in [-0.15, -0.1) is 0 Å². The number of carbonyl (C=O) groups excluding carboxylic acids is 1. The molecular weight excluding hydrogens is 290 g/mol. The number of aryl methyl sites for hydroxylation is 1. The highest BCUT2D eigenvalue weighted by Crippen LogP contribution is 2.20. The number of nitrogens with zero attached hydrogens (tertiary/aromatic N) is 4. The van der Waals surface area contributed by atoms with Gasteiger partial charge in [0.1, 0.15) is 11.9 Å². The lowest BCUT2D eigenvalue weighted by Gasteiger charge is -2.16. The van der Waals surface area contributed by atoms with Crippen LogP contribution in [0.5, 0.6) is 0 Å². The van der Waals surface area contributed by atoms with E-state index in [1.807, 2.05) is 61.1 Å². The van der Waals surface area contributed by atoms with Gasteiger partial charge in [-0.25, -0.2) is 4.98 Å². The number of amides is 1. The van der Waals surface area contributed by atoms with E-state index in [2.05, 4.69) is 15.4 Å². The van der Waals surface area contributed by atoms with E-state index >= 15 is 0 Å². The maximum Gasteiger partial charge on any atom is 0.243 e. The quantitative estimate of drug-likeness (QED) is 0.785. The summed E-state index contributed by atoms with van der Waals surface area (Å²) in [6.07, 6.45) is 5.26. The third-order valence-electron chi connectivity index (χ3n) is 3.86. The van der Waals surface area contributed by atoms with Gasteiger partial charge in [-0.1, -0.05) is 30.3 Å². The molecule has 2 aromatic heterocycles. The number of nitrogens with one attached hydrogen (secondary N) is 1. The highest BCUT2D eigenvalue weighted by Gasteiger charge is 2.18. The van der Waals surface area contributed by atoms with E-state index in [1.54, 1.807) is 17.1 Å². The first kappa shape index (κ1) is 15.0. The van der Waals surface area contributed by atoms with Gasteiger partial charge in [-0.3, -0.25) is 9.48 Å². The maximum atomic E-state index is 12.4. The highest BCUT2D eigenvalue weighted by atomic mass is 16.2. The van der Waals surface area contributed by atoms with E-state index in [9.17, 15) is 4.79 Å². The summed E-state index contributed by atoms with van der Waals surface area (Å²) in [4.78, 5) is 16.8. The first-order chi connectivity index (χ1) is 11.2. The minimum atomic E-state index is -0.346. The highest BCUT2D eigenvalue weighted by molar-refractivity contribution is 5.80. The van der Waals surface area contributed by atoms with E-state index in [0.29, 0.717) is 6.54 Å². The summed E-state index contributed by atoms with van der Waals surface area (Å²) < 4.78 is 3.63. The van der Waals surface area contributed by atoms with Gasteiger partial charge >= 0.3 is 0 Å². The Labute approximate surface area is 134 Å². The molecule has 118 valence electrons. The Morgan fingerprint density at radius 2 is 2.00 bits per heavy atom. The average Bonchev–Trinajstić information content (AvgIpc) is 3.21. The molecule has 1 atom stereocenters. The molecule has 0 saturated heterocycles. The molecule has 0 radical (unpaired) electrons. The van der Waals surface area contributed by atoms with Crippen molar-refractivity contribution in [1.82, 2.24) is 24.6 Å². The molecule has 0 unspecified atom stereocenters. The monoisotopic (exact) mass is 309 g/mol. The van der Waals surface area contributed by atoms with Crippen LogP contribution in [-0.2, 0) is 18.4 Å². The molecule has 3 aromatic rings.